The predicted octanol–water partition coefficient (Wildman–Crippen LogP) is 2.98. The molecule has 186 valence electrons. The van der Waals surface area contributed by atoms with Crippen molar-refractivity contribution in [2.75, 3.05) is 62.7 Å². The van der Waals surface area contributed by atoms with Gasteiger partial charge >= 0.3 is 0 Å². The number of benzene rings is 1. The molecule has 0 atom stereocenters. The van der Waals surface area contributed by atoms with Gasteiger partial charge in [0.1, 0.15) is 0 Å². The molecule has 1 saturated carbocycles. The molecule has 8 heteroatoms. The Kier molecular flexibility index (Phi) is 8.08. The minimum Gasteiger partial charge on any atom is -0.378 e. The predicted molar refractivity (Wildman–Crippen MR) is 132 cm³/mol. The smallest absolute Gasteiger partial charge is 0.256 e. The first kappa shape index (κ1) is 24.5. The standard InChI is InChI=1S/C26H38N4O4/c1-19(2)17-24(31)27-21-7-8-23(22(18-21)26(33)30-13-15-34-16-14-30)28-9-11-29(12-10-28)25(32)20-5-3-4-6-20/h7-8,18-20H,3-6,9-17H2,1-2H3,(H,27,31). The molecule has 1 aliphatic carbocycles. The van der Waals surface area contributed by atoms with Crippen LogP contribution in [0.5, 0.6) is 0 Å². The van der Waals surface area contributed by atoms with Crippen molar-refractivity contribution in [3.63, 3.8) is 0 Å². The molecule has 0 spiro atoms. The molecule has 0 unspecified atom stereocenters. The Morgan fingerprint density at radius 2 is 1.65 bits per heavy atom. The van der Waals surface area contributed by atoms with Crippen molar-refractivity contribution >= 4 is 29.1 Å². The highest BCUT2D eigenvalue weighted by Crippen LogP contribution is 2.30. The normalized spacial score (nSPS) is 19.6. The molecule has 8 nitrogen and oxygen atoms in total. The number of amides is 3. The largest absolute Gasteiger partial charge is 0.378 e. The van der Waals surface area contributed by atoms with E-state index in [1.165, 1.54) is 0 Å². The first-order valence-corrected chi connectivity index (χ1v) is 12.8. The lowest BCUT2D eigenvalue weighted by Gasteiger charge is -2.38. The van der Waals surface area contributed by atoms with E-state index in [1.807, 2.05) is 35.8 Å². The molecule has 3 aliphatic rings. The number of piperazine rings is 1. The maximum atomic E-state index is 13.5. The summed E-state index contributed by atoms with van der Waals surface area (Å²) >= 11 is 0. The van der Waals surface area contributed by atoms with Crippen molar-refractivity contribution in [1.82, 2.24) is 9.80 Å². The van der Waals surface area contributed by atoms with Gasteiger partial charge in [0.05, 0.1) is 18.8 Å². The van der Waals surface area contributed by atoms with Gasteiger partial charge in [-0.1, -0.05) is 26.7 Å². The van der Waals surface area contributed by atoms with Crippen LogP contribution in [0.3, 0.4) is 0 Å². The Labute approximate surface area is 202 Å². The molecule has 0 radical (unpaired) electrons. The van der Waals surface area contributed by atoms with E-state index >= 15 is 0 Å². The number of rotatable bonds is 6. The number of nitrogens with zero attached hydrogens (tertiary/aromatic N) is 3. The van der Waals surface area contributed by atoms with E-state index in [4.69, 9.17) is 4.74 Å². The lowest BCUT2D eigenvalue weighted by atomic mass is 10.0. The zero-order valence-corrected chi connectivity index (χ0v) is 20.6. The highest BCUT2D eigenvalue weighted by atomic mass is 16.5. The molecule has 1 aromatic rings. The highest BCUT2D eigenvalue weighted by molar-refractivity contribution is 6.02. The van der Waals surface area contributed by atoms with Crippen molar-refractivity contribution in [2.45, 2.75) is 46.0 Å². The van der Waals surface area contributed by atoms with Gasteiger partial charge in [-0.05, 0) is 37.0 Å². The van der Waals surface area contributed by atoms with Crippen LogP contribution in [0.15, 0.2) is 18.2 Å². The van der Waals surface area contributed by atoms with Crippen LogP contribution in [0.4, 0.5) is 11.4 Å². The Hall–Kier alpha value is -2.61. The Bertz CT molecular complexity index is 883. The third-order valence-electron chi connectivity index (χ3n) is 7.04. The number of ether oxygens (including phenoxy) is 1. The number of anilines is 2. The highest BCUT2D eigenvalue weighted by Gasteiger charge is 2.31. The van der Waals surface area contributed by atoms with Crippen molar-refractivity contribution in [3.05, 3.63) is 23.8 Å². The summed E-state index contributed by atoms with van der Waals surface area (Å²) in [5.41, 5.74) is 2.10. The molecule has 0 bridgehead atoms. The number of nitrogens with one attached hydrogen (secondary N) is 1. The third kappa shape index (κ3) is 5.90. The molecule has 1 N–H and O–H groups in total. The van der Waals surface area contributed by atoms with Crippen LogP contribution in [0.1, 0.15) is 56.3 Å². The zero-order chi connectivity index (χ0) is 24.1. The van der Waals surface area contributed by atoms with E-state index in [9.17, 15) is 14.4 Å². The van der Waals surface area contributed by atoms with Gasteiger partial charge in [0, 0.05) is 63.0 Å². The summed E-state index contributed by atoms with van der Waals surface area (Å²) in [6.07, 6.45) is 4.78. The van der Waals surface area contributed by atoms with Crippen LogP contribution in [-0.2, 0) is 14.3 Å². The van der Waals surface area contributed by atoms with E-state index in [-0.39, 0.29) is 23.7 Å². The average Bonchev–Trinajstić information content (AvgIpc) is 3.38. The monoisotopic (exact) mass is 470 g/mol. The quantitative estimate of drug-likeness (QED) is 0.691. The minimum absolute atomic E-state index is 0.0391. The van der Waals surface area contributed by atoms with E-state index in [2.05, 4.69) is 10.2 Å². The lowest BCUT2D eigenvalue weighted by molar-refractivity contribution is -0.135. The summed E-state index contributed by atoms with van der Waals surface area (Å²) in [6.45, 7) is 8.95. The van der Waals surface area contributed by atoms with Gasteiger partial charge in [0.15, 0.2) is 0 Å². The fraction of sp³-hybridized carbons (Fsp3) is 0.654. The lowest BCUT2D eigenvalue weighted by Crippen LogP contribution is -2.50. The van der Waals surface area contributed by atoms with Crippen LogP contribution in [0.25, 0.3) is 0 Å². The third-order valence-corrected chi connectivity index (χ3v) is 7.04. The van der Waals surface area contributed by atoms with Gasteiger partial charge < -0.3 is 24.8 Å². The molecule has 3 fully saturated rings. The van der Waals surface area contributed by atoms with Crippen LogP contribution in [0, 0.1) is 11.8 Å². The number of hydrogen-bond acceptors (Lipinski definition) is 5. The van der Waals surface area contributed by atoms with Crippen LogP contribution >= 0.6 is 0 Å². The van der Waals surface area contributed by atoms with Crippen molar-refractivity contribution < 1.29 is 19.1 Å². The first-order valence-electron chi connectivity index (χ1n) is 12.8. The summed E-state index contributed by atoms with van der Waals surface area (Å²) in [5, 5.41) is 2.95. The SMILES string of the molecule is CC(C)CC(=O)Nc1ccc(N2CCN(C(=O)C3CCCC3)CC2)c(C(=O)N2CCOCC2)c1. The van der Waals surface area contributed by atoms with E-state index in [1.54, 1.807) is 6.07 Å². The van der Waals surface area contributed by atoms with Crippen LogP contribution in [-0.4, -0.2) is 80.0 Å². The van der Waals surface area contributed by atoms with Crippen LogP contribution < -0.4 is 10.2 Å². The first-order chi connectivity index (χ1) is 16.4. The number of morpholine rings is 1. The molecular formula is C26H38N4O4. The van der Waals surface area contributed by atoms with Gasteiger partial charge in [0.25, 0.3) is 5.91 Å². The van der Waals surface area contributed by atoms with E-state index in [0.29, 0.717) is 76.1 Å². The molecule has 2 aliphatic heterocycles. The molecule has 34 heavy (non-hydrogen) atoms. The molecule has 0 aromatic heterocycles. The zero-order valence-electron chi connectivity index (χ0n) is 20.6. The van der Waals surface area contributed by atoms with Crippen molar-refractivity contribution in [1.29, 1.82) is 0 Å². The second-order valence-corrected chi connectivity index (χ2v) is 10.1. The van der Waals surface area contributed by atoms with E-state index in [0.717, 1.165) is 31.4 Å². The minimum atomic E-state index is -0.0495. The topological polar surface area (TPSA) is 82.2 Å². The second kappa shape index (κ2) is 11.2. The summed E-state index contributed by atoms with van der Waals surface area (Å²) in [4.78, 5) is 44.7. The molecule has 4 rings (SSSR count). The maximum Gasteiger partial charge on any atom is 0.256 e. The molecule has 3 amide bonds. The maximum absolute atomic E-state index is 13.5. The fourth-order valence-electron chi connectivity index (χ4n) is 5.18. The van der Waals surface area contributed by atoms with Gasteiger partial charge in [0.2, 0.25) is 11.8 Å². The Balaban J connectivity index is 1.50. The summed E-state index contributed by atoms with van der Waals surface area (Å²) < 4.78 is 5.42. The second-order valence-electron chi connectivity index (χ2n) is 10.1. The number of carbonyl (C=O) groups is 3. The summed E-state index contributed by atoms with van der Waals surface area (Å²) in [6, 6.07) is 5.62. The molecule has 1 aromatic carbocycles. The van der Waals surface area contributed by atoms with Crippen molar-refractivity contribution in [3.8, 4) is 0 Å². The number of hydrogen-bond donors (Lipinski definition) is 1. The molecule has 2 heterocycles. The molecular weight excluding hydrogens is 432 g/mol. The van der Waals surface area contributed by atoms with Gasteiger partial charge in [-0.25, -0.2) is 0 Å². The van der Waals surface area contributed by atoms with Gasteiger partial charge in [-0.2, -0.15) is 0 Å². The number of carbonyl (C=O) groups excluding carboxylic acids is 3. The molecule has 2 saturated heterocycles. The Morgan fingerprint density at radius 1 is 0.971 bits per heavy atom. The van der Waals surface area contributed by atoms with Gasteiger partial charge in [-0.3, -0.25) is 14.4 Å². The van der Waals surface area contributed by atoms with Crippen molar-refractivity contribution in [2.24, 2.45) is 11.8 Å². The summed E-state index contributed by atoms with van der Waals surface area (Å²) in [7, 11) is 0. The van der Waals surface area contributed by atoms with Crippen LogP contribution in [0.2, 0.25) is 0 Å². The van der Waals surface area contributed by atoms with Gasteiger partial charge in [-0.15, -0.1) is 0 Å². The average molecular weight is 471 g/mol. The fourth-order valence-corrected chi connectivity index (χ4v) is 5.18. The summed E-state index contributed by atoms with van der Waals surface area (Å²) in [5.74, 6) is 0.662. The Morgan fingerprint density at radius 3 is 2.29 bits per heavy atom. The van der Waals surface area contributed by atoms with E-state index < -0.39 is 0 Å².